The van der Waals surface area contributed by atoms with Crippen molar-refractivity contribution in [1.29, 1.82) is 0 Å². The fourth-order valence-electron chi connectivity index (χ4n) is 2.02. The van der Waals surface area contributed by atoms with E-state index in [1.54, 1.807) is 6.92 Å². The van der Waals surface area contributed by atoms with Crippen molar-refractivity contribution in [1.82, 2.24) is 4.57 Å². The number of aliphatic hydroxyl groups excluding tert-OH is 1. The summed E-state index contributed by atoms with van der Waals surface area (Å²) in [5, 5.41) is 10.5. The standard InChI is InChI=1S/C12H13NO3/c1-8(14)6-13-3-2-9-4-11-12(5-10(9)13)16-7-15-11/h2-5,8,14H,6-7H2,1H3/t8-/m0/s1. The van der Waals surface area contributed by atoms with Gasteiger partial charge in [0, 0.05) is 24.2 Å². The Labute approximate surface area is 93.0 Å². The molecule has 1 N–H and O–H groups in total. The fraction of sp³-hybridized carbons (Fsp3) is 0.333. The summed E-state index contributed by atoms with van der Waals surface area (Å²) in [5.74, 6) is 1.57. The van der Waals surface area contributed by atoms with Crippen LogP contribution in [0.25, 0.3) is 10.9 Å². The monoisotopic (exact) mass is 219 g/mol. The average Bonchev–Trinajstić information content (AvgIpc) is 2.81. The van der Waals surface area contributed by atoms with Crippen LogP contribution in [0.3, 0.4) is 0 Å². The normalized spacial score (nSPS) is 15.6. The van der Waals surface area contributed by atoms with Crippen molar-refractivity contribution >= 4 is 10.9 Å². The van der Waals surface area contributed by atoms with E-state index < -0.39 is 0 Å². The molecule has 0 saturated heterocycles. The van der Waals surface area contributed by atoms with Crippen molar-refractivity contribution < 1.29 is 14.6 Å². The molecule has 0 saturated carbocycles. The molecule has 2 heterocycles. The molecule has 4 heteroatoms. The second-order valence-corrected chi connectivity index (χ2v) is 4.08. The molecule has 3 rings (SSSR count). The maximum Gasteiger partial charge on any atom is 0.231 e. The minimum absolute atomic E-state index is 0.290. The molecule has 1 aliphatic rings. The number of ether oxygens (including phenoxy) is 2. The maximum atomic E-state index is 9.40. The van der Waals surface area contributed by atoms with Crippen LogP contribution in [0.2, 0.25) is 0 Å². The van der Waals surface area contributed by atoms with Crippen LogP contribution in [0.1, 0.15) is 6.92 Å². The van der Waals surface area contributed by atoms with Crippen LogP contribution in [0.5, 0.6) is 11.5 Å². The van der Waals surface area contributed by atoms with E-state index >= 15 is 0 Å². The van der Waals surface area contributed by atoms with Crippen molar-refractivity contribution in [3.63, 3.8) is 0 Å². The Bertz CT molecular complexity index is 530. The lowest BCUT2D eigenvalue weighted by atomic mass is 10.2. The average molecular weight is 219 g/mol. The Morgan fingerprint density at radius 3 is 2.88 bits per heavy atom. The van der Waals surface area contributed by atoms with Gasteiger partial charge >= 0.3 is 0 Å². The number of nitrogens with zero attached hydrogens (tertiary/aromatic N) is 1. The van der Waals surface area contributed by atoms with E-state index in [1.807, 2.05) is 29.0 Å². The summed E-state index contributed by atoms with van der Waals surface area (Å²) in [6.07, 6.45) is 1.60. The third-order valence-electron chi connectivity index (χ3n) is 2.73. The van der Waals surface area contributed by atoms with E-state index in [4.69, 9.17) is 9.47 Å². The quantitative estimate of drug-likeness (QED) is 0.836. The number of aliphatic hydroxyl groups is 1. The number of rotatable bonds is 2. The van der Waals surface area contributed by atoms with Gasteiger partial charge in [0.25, 0.3) is 0 Å². The van der Waals surface area contributed by atoms with Gasteiger partial charge in [0.2, 0.25) is 6.79 Å². The first-order valence-electron chi connectivity index (χ1n) is 5.30. The fourth-order valence-corrected chi connectivity index (χ4v) is 2.02. The number of hydrogen-bond donors (Lipinski definition) is 1. The van der Waals surface area contributed by atoms with Crippen LogP contribution in [0.4, 0.5) is 0 Å². The lowest BCUT2D eigenvalue weighted by Crippen LogP contribution is -2.10. The number of fused-ring (bicyclic) bond motifs is 2. The van der Waals surface area contributed by atoms with Crippen molar-refractivity contribution in [3.8, 4) is 11.5 Å². The van der Waals surface area contributed by atoms with Crippen LogP contribution in [0, 0.1) is 0 Å². The summed E-state index contributed by atoms with van der Waals surface area (Å²) >= 11 is 0. The van der Waals surface area contributed by atoms with E-state index in [2.05, 4.69) is 0 Å². The van der Waals surface area contributed by atoms with Gasteiger partial charge in [-0.25, -0.2) is 0 Å². The molecule has 2 aromatic rings. The highest BCUT2D eigenvalue weighted by Crippen LogP contribution is 2.36. The molecule has 0 fully saturated rings. The molecular weight excluding hydrogens is 206 g/mol. The molecule has 16 heavy (non-hydrogen) atoms. The SMILES string of the molecule is C[C@H](O)Cn1ccc2cc3c(cc21)OCO3. The van der Waals surface area contributed by atoms with Crippen molar-refractivity contribution in [3.05, 3.63) is 24.4 Å². The van der Waals surface area contributed by atoms with E-state index in [9.17, 15) is 5.11 Å². The van der Waals surface area contributed by atoms with Crippen molar-refractivity contribution in [2.24, 2.45) is 0 Å². The minimum atomic E-state index is -0.360. The van der Waals surface area contributed by atoms with Gasteiger partial charge in [-0.1, -0.05) is 0 Å². The molecule has 1 aliphatic heterocycles. The van der Waals surface area contributed by atoms with Gasteiger partial charge in [-0.15, -0.1) is 0 Å². The zero-order chi connectivity index (χ0) is 11.1. The predicted molar refractivity (Wildman–Crippen MR) is 59.7 cm³/mol. The van der Waals surface area contributed by atoms with Gasteiger partial charge in [-0.05, 0) is 19.1 Å². The molecule has 1 atom stereocenters. The van der Waals surface area contributed by atoms with Crippen LogP contribution in [-0.2, 0) is 6.54 Å². The summed E-state index contributed by atoms with van der Waals surface area (Å²) in [6.45, 7) is 2.65. The van der Waals surface area contributed by atoms with Gasteiger partial charge in [0.05, 0.1) is 11.6 Å². The first kappa shape index (κ1) is 9.54. The highest BCUT2D eigenvalue weighted by molar-refractivity contribution is 5.84. The molecule has 0 unspecified atom stereocenters. The summed E-state index contributed by atoms with van der Waals surface area (Å²) < 4.78 is 12.7. The number of benzene rings is 1. The molecule has 0 amide bonds. The van der Waals surface area contributed by atoms with E-state index in [1.165, 1.54) is 0 Å². The molecule has 4 nitrogen and oxygen atoms in total. The summed E-state index contributed by atoms with van der Waals surface area (Å²) in [4.78, 5) is 0. The van der Waals surface area contributed by atoms with Gasteiger partial charge in [0.15, 0.2) is 11.5 Å². The lowest BCUT2D eigenvalue weighted by molar-refractivity contribution is 0.173. The summed E-state index contributed by atoms with van der Waals surface area (Å²) in [7, 11) is 0. The van der Waals surface area contributed by atoms with Gasteiger partial charge in [-0.3, -0.25) is 0 Å². The highest BCUT2D eigenvalue weighted by Gasteiger charge is 2.15. The highest BCUT2D eigenvalue weighted by atomic mass is 16.7. The zero-order valence-corrected chi connectivity index (χ0v) is 9.01. The number of aromatic nitrogens is 1. The Kier molecular flexibility index (Phi) is 2.04. The maximum absolute atomic E-state index is 9.40. The third kappa shape index (κ3) is 1.42. The first-order chi connectivity index (χ1) is 7.74. The second kappa shape index (κ2) is 3.42. The smallest absolute Gasteiger partial charge is 0.231 e. The molecule has 1 aromatic heterocycles. The zero-order valence-electron chi connectivity index (χ0n) is 9.01. The molecule has 84 valence electrons. The Morgan fingerprint density at radius 2 is 2.12 bits per heavy atom. The van der Waals surface area contributed by atoms with Gasteiger partial charge < -0.3 is 19.1 Å². The minimum Gasteiger partial charge on any atom is -0.454 e. The summed E-state index contributed by atoms with van der Waals surface area (Å²) in [5.41, 5.74) is 1.06. The Morgan fingerprint density at radius 1 is 1.38 bits per heavy atom. The van der Waals surface area contributed by atoms with Gasteiger partial charge in [0.1, 0.15) is 0 Å². The molecule has 0 spiro atoms. The lowest BCUT2D eigenvalue weighted by Gasteiger charge is -2.07. The first-order valence-corrected chi connectivity index (χ1v) is 5.30. The van der Waals surface area contributed by atoms with Crippen molar-refractivity contribution in [2.45, 2.75) is 19.6 Å². The molecule has 1 aromatic carbocycles. The van der Waals surface area contributed by atoms with Gasteiger partial charge in [-0.2, -0.15) is 0 Å². The molecule has 0 aliphatic carbocycles. The molecule has 0 bridgehead atoms. The number of hydrogen-bond acceptors (Lipinski definition) is 3. The summed E-state index contributed by atoms with van der Waals surface area (Å²) in [6, 6.07) is 5.94. The molecule has 0 radical (unpaired) electrons. The largest absolute Gasteiger partial charge is 0.454 e. The van der Waals surface area contributed by atoms with E-state index in [0.29, 0.717) is 13.3 Å². The van der Waals surface area contributed by atoms with Crippen LogP contribution >= 0.6 is 0 Å². The van der Waals surface area contributed by atoms with E-state index in [-0.39, 0.29) is 6.10 Å². The van der Waals surface area contributed by atoms with Crippen LogP contribution in [-0.4, -0.2) is 22.6 Å². The van der Waals surface area contributed by atoms with E-state index in [0.717, 1.165) is 22.4 Å². The van der Waals surface area contributed by atoms with Crippen LogP contribution in [0.15, 0.2) is 24.4 Å². The molecular formula is C12H13NO3. The predicted octanol–water partition coefficient (Wildman–Crippen LogP) is 1.75. The van der Waals surface area contributed by atoms with Crippen LogP contribution < -0.4 is 9.47 Å². The Balaban J connectivity index is 2.12. The topological polar surface area (TPSA) is 43.6 Å². The third-order valence-corrected chi connectivity index (χ3v) is 2.73. The second-order valence-electron chi connectivity index (χ2n) is 4.08. The Hall–Kier alpha value is -1.68. The van der Waals surface area contributed by atoms with Crippen molar-refractivity contribution in [2.75, 3.05) is 6.79 Å².